The summed E-state index contributed by atoms with van der Waals surface area (Å²) in [6, 6.07) is 7.73. The standard InChI is InChI=1S/C11H10ClNOS/c12-10-4-2-1-3-8(10)5-11-13-6-9(7-14)15-11/h1-4,6,14H,5,7H2. The summed E-state index contributed by atoms with van der Waals surface area (Å²) in [5.41, 5.74) is 1.07. The summed E-state index contributed by atoms with van der Waals surface area (Å²) < 4.78 is 0. The molecule has 0 atom stereocenters. The van der Waals surface area contributed by atoms with Gasteiger partial charge in [0.25, 0.3) is 0 Å². The molecule has 4 heteroatoms. The summed E-state index contributed by atoms with van der Waals surface area (Å²) in [4.78, 5) is 5.11. The minimum Gasteiger partial charge on any atom is -0.391 e. The maximum atomic E-state index is 8.92. The Morgan fingerprint density at radius 1 is 1.33 bits per heavy atom. The number of benzene rings is 1. The minimum absolute atomic E-state index is 0.0557. The number of halogens is 1. The highest BCUT2D eigenvalue weighted by molar-refractivity contribution is 7.11. The maximum absolute atomic E-state index is 8.92. The number of rotatable bonds is 3. The van der Waals surface area contributed by atoms with Crippen molar-refractivity contribution in [2.75, 3.05) is 0 Å². The topological polar surface area (TPSA) is 33.1 Å². The Morgan fingerprint density at radius 3 is 2.80 bits per heavy atom. The summed E-state index contributed by atoms with van der Waals surface area (Å²) in [7, 11) is 0. The normalized spacial score (nSPS) is 10.5. The van der Waals surface area contributed by atoms with Gasteiger partial charge in [-0.25, -0.2) is 4.98 Å². The van der Waals surface area contributed by atoms with E-state index in [1.807, 2.05) is 24.3 Å². The molecule has 0 unspecified atom stereocenters. The third kappa shape index (κ3) is 2.56. The molecule has 0 aliphatic heterocycles. The summed E-state index contributed by atoms with van der Waals surface area (Å²) in [6.45, 7) is 0.0557. The molecule has 0 amide bonds. The number of aliphatic hydroxyl groups is 1. The highest BCUT2D eigenvalue weighted by Gasteiger charge is 2.04. The summed E-state index contributed by atoms with van der Waals surface area (Å²) in [5.74, 6) is 0. The van der Waals surface area contributed by atoms with Crippen LogP contribution in [0.5, 0.6) is 0 Å². The van der Waals surface area contributed by atoms with Gasteiger partial charge in [0.1, 0.15) is 0 Å². The Hall–Kier alpha value is -0.900. The Morgan fingerprint density at radius 2 is 2.13 bits per heavy atom. The van der Waals surface area contributed by atoms with Crippen molar-refractivity contribution in [1.29, 1.82) is 0 Å². The molecule has 0 radical (unpaired) electrons. The molecule has 0 aliphatic rings. The van der Waals surface area contributed by atoms with E-state index < -0.39 is 0 Å². The van der Waals surface area contributed by atoms with E-state index in [0.717, 1.165) is 26.9 Å². The van der Waals surface area contributed by atoms with E-state index in [-0.39, 0.29) is 6.61 Å². The molecule has 0 spiro atoms. The maximum Gasteiger partial charge on any atom is 0.0972 e. The lowest BCUT2D eigenvalue weighted by Crippen LogP contribution is -1.87. The predicted octanol–water partition coefficient (Wildman–Crippen LogP) is 2.88. The second kappa shape index (κ2) is 4.75. The largest absolute Gasteiger partial charge is 0.391 e. The first-order valence-electron chi connectivity index (χ1n) is 4.57. The smallest absolute Gasteiger partial charge is 0.0972 e. The second-order valence-corrected chi connectivity index (χ2v) is 4.75. The van der Waals surface area contributed by atoms with E-state index in [4.69, 9.17) is 16.7 Å². The van der Waals surface area contributed by atoms with E-state index in [1.54, 1.807) is 6.20 Å². The van der Waals surface area contributed by atoms with Crippen LogP contribution in [0.2, 0.25) is 5.02 Å². The zero-order chi connectivity index (χ0) is 10.7. The molecular formula is C11H10ClNOS. The first-order valence-corrected chi connectivity index (χ1v) is 5.77. The van der Waals surface area contributed by atoms with Gasteiger partial charge in [-0.2, -0.15) is 0 Å². The van der Waals surface area contributed by atoms with Gasteiger partial charge in [-0.3, -0.25) is 0 Å². The van der Waals surface area contributed by atoms with Crippen LogP contribution in [0.4, 0.5) is 0 Å². The Balaban J connectivity index is 2.18. The number of aromatic nitrogens is 1. The van der Waals surface area contributed by atoms with Gasteiger partial charge in [0.2, 0.25) is 0 Å². The van der Waals surface area contributed by atoms with Crippen LogP contribution in [0.1, 0.15) is 15.4 Å². The lowest BCUT2D eigenvalue weighted by molar-refractivity contribution is 0.285. The highest BCUT2D eigenvalue weighted by Crippen LogP contribution is 2.21. The van der Waals surface area contributed by atoms with Gasteiger partial charge in [0.15, 0.2) is 0 Å². The van der Waals surface area contributed by atoms with Crippen molar-refractivity contribution in [2.24, 2.45) is 0 Å². The van der Waals surface area contributed by atoms with Gasteiger partial charge in [-0.05, 0) is 11.6 Å². The van der Waals surface area contributed by atoms with E-state index in [9.17, 15) is 0 Å². The average molecular weight is 240 g/mol. The number of aliphatic hydroxyl groups excluding tert-OH is 1. The van der Waals surface area contributed by atoms with Crippen LogP contribution in [0, 0.1) is 0 Å². The SMILES string of the molecule is OCc1cnc(Cc2ccccc2Cl)s1. The van der Waals surface area contributed by atoms with Crippen LogP contribution >= 0.6 is 22.9 Å². The molecule has 1 aromatic heterocycles. The number of hydrogen-bond acceptors (Lipinski definition) is 3. The van der Waals surface area contributed by atoms with Gasteiger partial charge in [-0.1, -0.05) is 29.8 Å². The van der Waals surface area contributed by atoms with Crippen LogP contribution in [0.25, 0.3) is 0 Å². The van der Waals surface area contributed by atoms with Crippen molar-refractivity contribution < 1.29 is 5.11 Å². The molecule has 0 bridgehead atoms. The lowest BCUT2D eigenvalue weighted by atomic mass is 10.2. The fourth-order valence-corrected chi connectivity index (χ4v) is 2.32. The van der Waals surface area contributed by atoms with Crippen molar-refractivity contribution in [1.82, 2.24) is 4.98 Å². The predicted molar refractivity (Wildman–Crippen MR) is 62.3 cm³/mol. The van der Waals surface area contributed by atoms with E-state index in [0.29, 0.717) is 0 Å². The highest BCUT2D eigenvalue weighted by atomic mass is 35.5. The first kappa shape index (κ1) is 10.6. The summed E-state index contributed by atoms with van der Waals surface area (Å²) >= 11 is 7.56. The Kier molecular flexibility index (Phi) is 3.36. The Bertz CT molecular complexity index is 455. The number of hydrogen-bond donors (Lipinski definition) is 1. The molecule has 0 saturated heterocycles. The molecule has 1 heterocycles. The molecule has 0 fully saturated rings. The zero-order valence-corrected chi connectivity index (χ0v) is 9.55. The fourth-order valence-electron chi connectivity index (χ4n) is 1.31. The third-order valence-electron chi connectivity index (χ3n) is 2.06. The second-order valence-electron chi connectivity index (χ2n) is 3.15. The lowest BCUT2D eigenvalue weighted by Gasteiger charge is -2.00. The Labute approximate surface area is 97.2 Å². The monoisotopic (exact) mass is 239 g/mol. The molecule has 0 saturated carbocycles. The van der Waals surface area contributed by atoms with Crippen molar-refractivity contribution in [3.8, 4) is 0 Å². The molecule has 15 heavy (non-hydrogen) atoms. The van der Waals surface area contributed by atoms with Crippen LogP contribution < -0.4 is 0 Å². The molecule has 1 N–H and O–H groups in total. The van der Waals surface area contributed by atoms with Crippen LogP contribution in [0.3, 0.4) is 0 Å². The van der Waals surface area contributed by atoms with E-state index in [2.05, 4.69) is 4.98 Å². The zero-order valence-electron chi connectivity index (χ0n) is 7.98. The van der Waals surface area contributed by atoms with Crippen molar-refractivity contribution >= 4 is 22.9 Å². The summed E-state index contributed by atoms with van der Waals surface area (Å²) in [5, 5.41) is 10.7. The molecule has 2 aromatic rings. The summed E-state index contributed by atoms with van der Waals surface area (Å²) in [6.07, 6.45) is 2.43. The van der Waals surface area contributed by atoms with Gasteiger partial charge in [0, 0.05) is 17.6 Å². The number of nitrogens with zero attached hydrogens (tertiary/aromatic N) is 1. The van der Waals surface area contributed by atoms with Crippen LogP contribution in [-0.2, 0) is 13.0 Å². The molecule has 2 rings (SSSR count). The molecule has 0 aliphatic carbocycles. The fraction of sp³-hybridized carbons (Fsp3) is 0.182. The van der Waals surface area contributed by atoms with Gasteiger partial charge in [-0.15, -0.1) is 11.3 Å². The van der Waals surface area contributed by atoms with E-state index in [1.165, 1.54) is 11.3 Å². The van der Waals surface area contributed by atoms with Gasteiger partial charge >= 0.3 is 0 Å². The number of thiazole rings is 1. The van der Waals surface area contributed by atoms with Crippen LogP contribution in [0.15, 0.2) is 30.5 Å². The van der Waals surface area contributed by atoms with Crippen molar-refractivity contribution in [2.45, 2.75) is 13.0 Å². The van der Waals surface area contributed by atoms with Crippen molar-refractivity contribution in [3.63, 3.8) is 0 Å². The van der Waals surface area contributed by atoms with Gasteiger partial charge < -0.3 is 5.11 Å². The van der Waals surface area contributed by atoms with E-state index >= 15 is 0 Å². The quantitative estimate of drug-likeness (QED) is 0.894. The van der Waals surface area contributed by atoms with Crippen LogP contribution in [-0.4, -0.2) is 10.1 Å². The average Bonchev–Trinajstić information content (AvgIpc) is 2.69. The first-order chi connectivity index (χ1) is 7.29. The van der Waals surface area contributed by atoms with Gasteiger partial charge in [0.05, 0.1) is 16.5 Å². The molecule has 78 valence electrons. The third-order valence-corrected chi connectivity index (χ3v) is 3.41. The molecule has 1 aromatic carbocycles. The minimum atomic E-state index is 0.0557. The van der Waals surface area contributed by atoms with Crippen molar-refractivity contribution in [3.05, 3.63) is 50.9 Å². The molecule has 2 nitrogen and oxygen atoms in total. The molecular weight excluding hydrogens is 230 g/mol.